The molecule has 1 atom stereocenters. The van der Waals surface area contributed by atoms with Crippen LogP contribution in [0, 0.1) is 5.41 Å². The highest BCUT2D eigenvalue weighted by Crippen LogP contribution is 2.48. The monoisotopic (exact) mass is 177 g/mol. The Morgan fingerprint density at radius 1 is 1.58 bits per heavy atom. The maximum atomic E-state index is 11.9. The predicted octanol–water partition coefficient (Wildman–Crippen LogP) is 1.51. The number of alkyl halides is 2. The van der Waals surface area contributed by atoms with E-state index in [1.807, 2.05) is 13.8 Å². The topological polar surface area (TPSA) is 20.3 Å². The fraction of sp³-hybridized carbons (Fsp3) is 0.875. The van der Waals surface area contributed by atoms with Crippen molar-refractivity contribution in [2.45, 2.75) is 32.7 Å². The average Bonchev–Trinajstić information content (AvgIpc) is 2.56. The maximum absolute atomic E-state index is 11.9. The molecule has 1 unspecified atom stereocenters. The van der Waals surface area contributed by atoms with Gasteiger partial charge in [-0.15, -0.1) is 0 Å². The lowest BCUT2D eigenvalue weighted by atomic mass is 10.2. The Balaban J connectivity index is 2.50. The minimum absolute atomic E-state index is 0.000926. The molecule has 0 aromatic heterocycles. The standard InChI is InChI=1S/C8H13F2NO/c1-8(2)4-5(8)11(3)7(12)6(9)10/h5-6H,4H2,1-3H3. The Morgan fingerprint density at radius 3 is 2.25 bits per heavy atom. The number of hydrogen-bond donors (Lipinski definition) is 0. The van der Waals surface area contributed by atoms with E-state index < -0.39 is 12.3 Å². The summed E-state index contributed by atoms with van der Waals surface area (Å²) in [7, 11) is 1.44. The Morgan fingerprint density at radius 2 is 2.00 bits per heavy atom. The van der Waals surface area contributed by atoms with Gasteiger partial charge in [-0.05, 0) is 11.8 Å². The highest BCUT2D eigenvalue weighted by Gasteiger charge is 2.50. The molecule has 0 bridgehead atoms. The highest BCUT2D eigenvalue weighted by molar-refractivity contribution is 5.79. The van der Waals surface area contributed by atoms with Gasteiger partial charge in [0, 0.05) is 13.1 Å². The molecule has 0 aromatic carbocycles. The van der Waals surface area contributed by atoms with Gasteiger partial charge in [0.2, 0.25) is 0 Å². The van der Waals surface area contributed by atoms with E-state index in [4.69, 9.17) is 0 Å². The van der Waals surface area contributed by atoms with Crippen LogP contribution in [0.1, 0.15) is 20.3 Å². The summed E-state index contributed by atoms with van der Waals surface area (Å²) in [5.41, 5.74) is 0.0271. The van der Waals surface area contributed by atoms with Gasteiger partial charge < -0.3 is 4.90 Å². The third kappa shape index (κ3) is 1.57. The van der Waals surface area contributed by atoms with Crippen LogP contribution < -0.4 is 0 Å². The van der Waals surface area contributed by atoms with E-state index in [0.717, 1.165) is 11.3 Å². The molecule has 0 N–H and O–H groups in total. The van der Waals surface area contributed by atoms with Gasteiger partial charge in [-0.2, -0.15) is 8.78 Å². The third-order valence-electron chi connectivity index (χ3n) is 2.46. The van der Waals surface area contributed by atoms with Gasteiger partial charge in [0.1, 0.15) is 0 Å². The molecular weight excluding hydrogens is 164 g/mol. The van der Waals surface area contributed by atoms with Gasteiger partial charge in [0.15, 0.2) is 0 Å². The second-order valence-corrected chi connectivity index (χ2v) is 3.96. The number of carbonyl (C=O) groups is 1. The molecule has 2 nitrogen and oxygen atoms in total. The van der Waals surface area contributed by atoms with Crippen LogP contribution in [0.15, 0.2) is 0 Å². The van der Waals surface area contributed by atoms with Crippen molar-refractivity contribution in [3.8, 4) is 0 Å². The third-order valence-corrected chi connectivity index (χ3v) is 2.46. The second kappa shape index (κ2) is 2.68. The fourth-order valence-electron chi connectivity index (χ4n) is 1.41. The van der Waals surface area contributed by atoms with Crippen LogP contribution in [-0.4, -0.2) is 30.3 Å². The summed E-state index contributed by atoms with van der Waals surface area (Å²) in [6, 6.07) is -0.000926. The number of amides is 1. The zero-order valence-electron chi connectivity index (χ0n) is 7.47. The highest BCUT2D eigenvalue weighted by atomic mass is 19.3. The summed E-state index contributed by atoms with van der Waals surface area (Å²) in [4.78, 5) is 11.9. The lowest BCUT2D eigenvalue weighted by Gasteiger charge is -2.18. The summed E-state index contributed by atoms with van der Waals surface area (Å²) in [6.07, 6.45) is -2.05. The molecule has 12 heavy (non-hydrogen) atoms. The molecule has 1 aliphatic carbocycles. The Hall–Kier alpha value is -0.670. The van der Waals surface area contributed by atoms with Gasteiger partial charge in [-0.1, -0.05) is 13.8 Å². The van der Waals surface area contributed by atoms with Crippen molar-refractivity contribution in [3.05, 3.63) is 0 Å². The molecule has 0 heterocycles. The van der Waals surface area contributed by atoms with E-state index in [1.165, 1.54) is 7.05 Å². The lowest BCUT2D eigenvalue weighted by molar-refractivity contribution is -0.142. The number of nitrogens with zero attached hydrogens (tertiary/aromatic N) is 1. The minimum atomic E-state index is -2.87. The smallest absolute Gasteiger partial charge is 0.315 e. The second-order valence-electron chi connectivity index (χ2n) is 3.96. The van der Waals surface area contributed by atoms with Crippen LogP contribution in [0.3, 0.4) is 0 Å². The van der Waals surface area contributed by atoms with Crippen molar-refractivity contribution < 1.29 is 13.6 Å². The number of carbonyl (C=O) groups excluding carboxylic acids is 1. The van der Waals surface area contributed by atoms with Gasteiger partial charge in [-0.25, -0.2) is 0 Å². The Bertz CT molecular complexity index is 203. The normalized spacial score (nSPS) is 25.7. The first-order valence-electron chi connectivity index (χ1n) is 3.91. The van der Waals surface area contributed by atoms with Gasteiger partial charge >= 0.3 is 6.43 Å². The first-order valence-corrected chi connectivity index (χ1v) is 3.91. The maximum Gasteiger partial charge on any atom is 0.315 e. The first kappa shape index (κ1) is 9.42. The Kier molecular flexibility index (Phi) is 2.10. The van der Waals surface area contributed by atoms with Gasteiger partial charge in [0.05, 0.1) is 0 Å². The largest absolute Gasteiger partial charge is 0.337 e. The number of hydrogen-bond acceptors (Lipinski definition) is 1. The zero-order chi connectivity index (χ0) is 9.52. The van der Waals surface area contributed by atoms with Crippen molar-refractivity contribution in [3.63, 3.8) is 0 Å². The molecule has 0 spiro atoms. The molecule has 1 aliphatic rings. The molecule has 0 saturated heterocycles. The lowest BCUT2D eigenvalue weighted by Crippen LogP contribution is -2.35. The predicted molar refractivity (Wildman–Crippen MR) is 41.0 cm³/mol. The van der Waals surface area contributed by atoms with Crippen molar-refractivity contribution in [2.24, 2.45) is 5.41 Å². The van der Waals surface area contributed by atoms with Crippen LogP contribution in [0.25, 0.3) is 0 Å². The number of halogens is 2. The van der Waals surface area contributed by atoms with Crippen molar-refractivity contribution in [1.82, 2.24) is 4.90 Å². The van der Waals surface area contributed by atoms with Crippen LogP contribution in [0.5, 0.6) is 0 Å². The average molecular weight is 177 g/mol. The fourth-order valence-corrected chi connectivity index (χ4v) is 1.41. The van der Waals surface area contributed by atoms with E-state index >= 15 is 0 Å². The molecule has 0 radical (unpaired) electrons. The molecule has 1 amide bonds. The van der Waals surface area contributed by atoms with E-state index in [0.29, 0.717) is 0 Å². The molecule has 0 aromatic rings. The van der Waals surface area contributed by atoms with Crippen molar-refractivity contribution >= 4 is 5.91 Å². The Labute approximate surface area is 70.5 Å². The zero-order valence-corrected chi connectivity index (χ0v) is 7.47. The van der Waals surface area contributed by atoms with Gasteiger partial charge in [0.25, 0.3) is 5.91 Å². The van der Waals surface area contributed by atoms with E-state index in [1.54, 1.807) is 0 Å². The van der Waals surface area contributed by atoms with E-state index in [2.05, 4.69) is 0 Å². The van der Waals surface area contributed by atoms with E-state index in [-0.39, 0.29) is 11.5 Å². The van der Waals surface area contributed by atoms with Crippen LogP contribution in [-0.2, 0) is 4.79 Å². The van der Waals surface area contributed by atoms with E-state index in [9.17, 15) is 13.6 Å². The molecule has 70 valence electrons. The molecule has 0 aliphatic heterocycles. The van der Waals surface area contributed by atoms with Crippen molar-refractivity contribution in [2.75, 3.05) is 7.05 Å². The summed E-state index contributed by atoms with van der Waals surface area (Å²) in [5.74, 6) is -1.06. The summed E-state index contributed by atoms with van der Waals surface area (Å²) in [6.45, 7) is 3.93. The van der Waals surface area contributed by atoms with Crippen molar-refractivity contribution in [1.29, 1.82) is 0 Å². The molecule has 1 rings (SSSR count). The number of rotatable bonds is 2. The molecule has 1 fully saturated rings. The van der Waals surface area contributed by atoms with Gasteiger partial charge in [-0.3, -0.25) is 4.79 Å². The summed E-state index contributed by atoms with van der Waals surface area (Å²) < 4.78 is 23.9. The minimum Gasteiger partial charge on any atom is -0.337 e. The summed E-state index contributed by atoms with van der Waals surface area (Å²) >= 11 is 0. The first-order chi connectivity index (χ1) is 5.36. The SMILES string of the molecule is CN(C(=O)C(F)F)C1CC1(C)C. The summed E-state index contributed by atoms with van der Waals surface area (Å²) in [5, 5.41) is 0. The quantitative estimate of drug-likeness (QED) is 0.626. The van der Waals surface area contributed by atoms with Crippen LogP contribution in [0.2, 0.25) is 0 Å². The van der Waals surface area contributed by atoms with Crippen LogP contribution in [0.4, 0.5) is 8.78 Å². The van der Waals surface area contributed by atoms with Crippen LogP contribution >= 0.6 is 0 Å². The molecule has 1 saturated carbocycles. The molecule has 4 heteroatoms. The molecular formula is C8H13F2NO.